The molecule has 86 valence electrons. The summed E-state index contributed by atoms with van der Waals surface area (Å²) in [5.74, 6) is 0.128. The molecule has 2 nitrogen and oxygen atoms in total. The highest BCUT2D eigenvalue weighted by atomic mass is 16.1. The molecule has 0 bridgehead atoms. The van der Waals surface area contributed by atoms with Crippen LogP contribution in [0.1, 0.15) is 51.4 Å². The molecule has 0 unspecified atom stereocenters. The fourth-order valence-corrected chi connectivity index (χ4v) is 1.89. The van der Waals surface area contributed by atoms with Crippen LogP contribution >= 0.6 is 0 Å². The van der Waals surface area contributed by atoms with E-state index < -0.39 is 0 Å². The van der Waals surface area contributed by atoms with E-state index in [1.54, 1.807) is 6.08 Å². The van der Waals surface area contributed by atoms with Gasteiger partial charge in [0.05, 0.1) is 6.07 Å². The van der Waals surface area contributed by atoms with Gasteiger partial charge in [0.2, 0.25) is 0 Å². The van der Waals surface area contributed by atoms with Crippen molar-refractivity contribution in [2.45, 2.75) is 51.4 Å². The van der Waals surface area contributed by atoms with Crippen molar-refractivity contribution in [3.8, 4) is 6.07 Å². The number of nitrogens with zero attached hydrogens (tertiary/aromatic N) is 1. The molecule has 0 amide bonds. The number of carbonyl (C=O) groups excluding carboxylic acids is 1. The summed E-state index contributed by atoms with van der Waals surface area (Å²) < 4.78 is 0. The van der Waals surface area contributed by atoms with Crippen molar-refractivity contribution in [2.24, 2.45) is 0 Å². The van der Waals surface area contributed by atoms with Gasteiger partial charge in [0, 0.05) is 12.8 Å². The third-order valence-electron chi connectivity index (χ3n) is 2.82. The number of hydrogen-bond acceptors (Lipinski definition) is 2. The van der Waals surface area contributed by atoms with Gasteiger partial charge in [-0.05, 0) is 38.2 Å². The first-order valence-electron chi connectivity index (χ1n) is 6.09. The van der Waals surface area contributed by atoms with Gasteiger partial charge in [0.1, 0.15) is 0 Å². The van der Waals surface area contributed by atoms with E-state index in [2.05, 4.69) is 6.08 Å². The maximum absolute atomic E-state index is 11.3. The van der Waals surface area contributed by atoms with Crippen LogP contribution in [0.15, 0.2) is 23.8 Å². The van der Waals surface area contributed by atoms with Gasteiger partial charge >= 0.3 is 0 Å². The molecule has 0 saturated heterocycles. The third kappa shape index (κ3) is 5.50. The lowest BCUT2D eigenvalue weighted by molar-refractivity contribution is -0.114. The largest absolute Gasteiger partial charge is 0.295 e. The summed E-state index contributed by atoms with van der Waals surface area (Å²) >= 11 is 0. The van der Waals surface area contributed by atoms with Gasteiger partial charge in [-0.3, -0.25) is 4.79 Å². The average Bonchev–Trinajstić information content (AvgIpc) is 2.31. The Balaban J connectivity index is 2.24. The second-order valence-corrected chi connectivity index (χ2v) is 4.22. The van der Waals surface area contributed by atoms with Crippen molar-refractivity contribution in [3.05, 3.63) is 23.8 Å². The number of unbranched alkanes of at least 4 members (excludes halogenated alkanes) is 1. The lowest BCUT2D eigenvalue weighted by Gasteiger charge is -2.12. The number of carbonyl (C=O) groups is 1. The molecule has 1 aliphatic carbocycles. The molecule has 0 radical (unpaired) electrons. The second-order valence-electron chi connectivity index (χ2n) is 4.22. The monoisotopic (exact) mass is 217 g/mol. The standard InChI is InChI=1S/C14H19NO/c15-12-5-4-10-14(16)11-6-9-13-7-2-1-3-8-13/h6,9,11H,1-5,7-8,10H2/b11-6+. The molecule has 0 aromatic carbocycles. The molecule has 2 heteroatoms. The summed E-state index contributed by atoms with van der Waals surface area (Å²) in [5.41, 5.74) is 1.47. The van der Waals surface area contributed by atoms with Gasteiger partial charge in [-0.25, -0.2) is 0 Å². The Morgan fingerprint density at radius 2 is 2.06 bits per heavy atom. The van der Waals surface area contributed by atoms with Gasteiger partial charge < -0.3 is 0 Å². The molecule has 0 spiro atoms. The lowest BCUT2D eigenvalue weighted by atomic mass is 9.94. The zero-order valence-corrected chi connectivity index (χ0v) is 9.74. The highest BCUT2D eigenvalue weighted by Gasteiger charge is 2.03. The average molecular weight is 217 g/mol. The topological polar surface area (TPSA) is 40.9 Å². The fraction of sp³-hybridized carbons (Fsp3) is 0.571. The first kappa shape index (κ1) is 12.7. The second kappa shape index (κ2) is 7.87. The quantitative estimate of drug-likeness (QED) is 0.520. The van der Waals surface area contributed by atoms with Crippen LogP contribution in [0, 0.1) is 11.3 Å². The minimum absolute atomic E-state index is 0.128. The van der Waals surface area contributed by atoms with Crippen molar-refractivity contribution in [2.75, 3.05) is 0 Å². The predicted octanol–water partition coefficient (Wildman–Crippen LogP) is 3.70. The SMILES string of the molecule is N#CCCCC(=O)/C=C/C=C1CCCCC1. The molecule has 1 fully saturated rings. The van der Waals surface area contributed by atoms with Crippen molar-refractivity contribution >= 4 is 5.78 Å². The minimum Gasteiger partial charge on any atom is -0.295 e. The van der Waals surface area contributed by atoms with Crippen molar-refractivity contribution in [3.63, 3.8) is 0 Å². The van der Waals surface area contributed by atoms with Crippen LogP contribution in [0.4, 0.5) is 0 Å². The van der Waals surface area contributed by atoms with Crippen LogP contribution in [0.3, 0.4) is 0 Å². The molecule has 1 saturated carbocycles. The summed E-state index contributed by atoms with van der Waals surface area (Å²) in [4.78, 5) is 11.3. The molecular formula is C14H19NO. The number of rotatable bonds is 5. The highest BCUT2D eigenvalue weighted by Crippen LogP contribution is 2.22. The van der Waals surface area contributed by atoms with E-state index in [0.717, 1.165) is 0 Å². The third-order valence-corrected chi connectivity index (χ3v) is 2.82. The molecule has 0 aliphatic heterocycles. The molecule has 1 rings (SSSR count). The Morgan fingerprint density at radius 1 is 1.31 bits per heavy atom. The van der Waals surface area contributed by atoms with E-state index >= 15 is 0 Å². The van der Waals surface area contributed by atoms with E-state index in [1.165, 1.54) is 37.7 Å². The van der Waals surface area contributed by atoms with Gasteiger partial charge in [0.25, 0.3) is 0 Å². The minimum atomic E-state index is 0.128. The Labute approximate surface area is 97.7 Å². The smallest absolute Gasteiger partial charge is 0.155 e. The zero-order chi connectivity index (χ0) is 11.6. The Morgan fingerprint density at radius 3 is 2.75 bits per heavy atom. The van der Waals surface area contributed by atoms with E-state index in [0.29, 0.717) is 19.3 Å². The van der Waals surface area contributed by atoms with E-state index in [1.807, 2.05) is 12.1 Å². The van der Waals surface area contributed by atoms with E-state index in [-0.39, 0.29) is 5.78 Å². The molecule has 0 aromatic rings. The molecule has 0 heterocycles. The van der Waals surface area contributed by atoms with Crippen LogP contribution in [0.5, 0.6) is 0 Å². The van der Waals surface area contributed by atoms with Gasteiger partial charge in [-0.15, -0.1) is 0 Å². The first-order chi connectivity index (χ1) is 7.83. The summed E-state index contributed by atoms with van der Waals surface area (Å²) in [7, 11) is 0. The Kier molecular flexibility index (Phi) is 6.25. The van der Waals surface area contributed by atoms with Crippen LogP contribution < -0.4 is 0 Å². The van der Waals surface area contributed by atoms with Crippen LogP contribution in [-0.4, -0.2) is 5.78 Å². The Bertz CT molecular complexity index is 312. The number of ketones is 1. The normalized spacial score (nSPS) is 16.1. The van der Waals surface area contributed by atoms with Crippen molar-refractivity contribution < 1.29 is 4.79 Å². The maximum atomic E-state index is 11.3. The predicted molar refractivity (Wildman–Crippen MR) is 64.8 cm³/mol. The lowest BCUT2D eigenvalue weighted by Crippen LogP contribution is -1.93. The first-order valence-corrected chi connectivity index (χ1v) is 6.09. The number of allylic oxidation sites excluding steroid dienone is 4. The molecule has 16 heavy (non-hydrogen) atoms. The van der Waals surface area contributed by atoms with E-state index in [9.17, 15) is 4.79 Å². The van der Waals surface area contributed by atoms with Crippen molar-refractivity contribution in [1.82, 2.24) is 0 Å². The zero-order valence-electron chi connectivity index (χ0n) is 9.74. The summed E-state index contributed by atoms with van der Waals surface area (Å²) in [5, 5.41) is 8.34. The van der Waals surface area contributed by atoms with Gasteiger partial charge in [0.15, 0.2) is 5.78 Å². The summed E-state index contributed by atoms with van der Waals surface area (Å²) in [6, 6.07) is 2.04. The van der Waals surface area contributed by atoms with Crippen LogP contribution in [-0.2, 0) is 4.79 Å². The molecule has 1 aliphatic rings. The fourth-order valence-electron chi connectivity index (χ4n) is 1.89. The highest BCUT2D eigenvalue weighted by molar-refractivity contribution is 5.89. The van der Waals surface area contributed by atoms with Crippen LogP contribution in [0.25, 0.3) is 0 Å². The van der Waals surface area contributed by atoms with E-state index in [4.69, 9.17) is 5.26 Å². The van der Waals surface area contributed by atoms with Crippen LogP contribution in [0.2, 0.25) is 0 Å². The summed E-state index contributed by atoms with van der Waals surface area (Å²) in [6.07, 6.45) is 13.5. The Hall–Kier alpha value is -1.36. The maximum Gasteiger partial charge on any atom is 0.155 e. The number of hydrogen-bond donors (Lipinski definition) is 0. The molecule has 0 aromatic heterocycles. The van der Waals surface area contributed by atoms with Gasteiger partial charge in [-0.2, -0.15) is 5.26 Å². The van der Waals surface area contributed by atoms with Gasteiger partial charge in [-0.1, -0.05) is 24.1 Å². The number of nitriles is 1. The van der Waals surface area contributed by atoms with Crippen molar-refractivity contribution in [1.29, 1.82) is 5.26 Å². The molecule has 0 N–H and O–H groups in total. The summed E-state index contributed by atoms with van der Waals surface area (Å²) in [6.45, 7) is 0. The molecular weight excluding hydrogens is 198 g/mol. The molecule has 0 atom stereocenters.